The molecular formula is C12H8F3N5. The quantitative estimate of drug-likeness (QED) is 0.777. The maximum absolute atomic E-state index is 13.6. The number of hydrogen-bond acceptors (Lipinski definition) is 4. The Balaban J connectivity index is 2.08. The molecule has 0 bridgehead atoms. The van der Waals surface area contributed by atoms with Gasteiger partial charge in [-0.3, -0.25) is 0 Å². The smallest absolute Gasteiger partial charge is 0.165 e. The number of benzene rings is 1. The van der Waals surface area contributed by atoms with Crippen LogP contribution in [0, 0.1) is 17.5 Å². The Kier molecular flexibility index (Phi) is 2.78. The van der Waals surface area contributed by atoms with Gasteiger partial charge < -0.3 is 10.3 Å². The summed E-state index contributed by atoms with van der Waals surface area (Å²) in [6.45, 7) is -0.176. The van der Waals surface area contributed by atoms with Gasteiger partial charge in [0.25, 0.3) is 0 Å². The molecule has 0 aliphatic heterocycles. The second-order valence-corrected chi connectivity index (χ2v) is 4.15. The summed E-state index contributed by atoms with van der Waals surface area (Å²) in [5.74, 6) is -2.72. The van der Waals surface area contributed by atoms with Crippen molar-refractivity contribution in [1.82, 2.24) is 19.5 Å². The van der Waals surface area contributed by atoms with E-state index in [0.29, 0.717) is 23.3 Å². The summed E-state index contributed by atoms with van der Waals surface area (Å²) < 4.78 is 41.5. The van der Waals surface area contributed by atoms with E-state index in [9.17, 15) is 13.2 Å². The number of halogens is 3. The SMILES string of the molecule is Nc1ncnc2c1ncn2Cc1c(F)cc(F)cc1F. The first-order valence-corrected chi connectivity index (χ1v) is 5.61. The number of imidazole rings is 1. The molecule has 2 heterocycles. The zero-order valence-electron chi connectivity index (χ0n) is 10.0. The van der Waals surface area contributed by atoms with Crippen LogP contribution in [-0.4, -0.2) is 19.5 Å². The average Bonchev–Trinajstić information content (AvgIpc) is 2.78. The van der Waals surface area contributed by atoms with Gasteiger partial charge in [-0.05, 0) is 0 Å². The van der Waals surface area contributed by atoms with Crippen LogP contribution < -0.4 is 5.73 Å². The Hall–Kier alpha value is -2.64. The molecule has 3 rings (SSSR count). The Morgan fingerprint density at radius 1 is 1.05 bits per heavy atom. The lowest BCUT2D eigenvalue weighted by molar-refractivity contribution is 0.517. The fourth-order valence-electron chi connectivity index (χ4n) is 1.91. The lowest BCUT2D eigenvalue weighted by atomic mass is 10.2. The molecule has 0 saturated carbocycles. The first-order chi connectivity index (χ1) is 9.56. The number of nitrogens with two attached hydrogens (primary N) is 1. The number of fused-ring (bicyclic) bond motifs is 1. The van der Waals surface area contributed by atoms with Crippen molar-refractivity contribution in [3.05, 3.63) is 47.8 Å². The lowest BCUT2D eigenvalue weighted by Crippen LogP contribution is -2.05. The number of nitrogen functional groups attached to an aromatic ring is 1. The minimum absolute atomic E-state index is 0.175. The van der Waals surface area contributed by atoms with Gasteiger partial charge in [-0.2, -0.15) is 0 Å². The van der Waals surface area contributed by atoms with Crippen LogP contribution in [0.5, 0.6) is 0 Å². The van der Waals surface area contributed by atoms with Crippen molar-refractivity contribution >= 4 is 17.0 Å². The molecule has 0 spiro atoms. The number of aromatic nitrogens is 4. The van der Waals surface area contributed by atoms with Crippen molar-refractivity contribution < 1.29 is 13.2 Å². The molecule has 0 saturated heterocycles. The molecule has 102 valence electrons. The van der Waals surface area contributed by atoms with Gasteiger partial charge >= 0.3 is 0 Å². The molecule has 0 atom stereocenters. The third-order valence-corrected chi connectivity index (χ3v) is 2.86. The summed E-state index contributed by atoms with van der Waals surface area (Å²) in [4.78, 5) is 11.7. The van der Waals surface area contributed by atoms with E-state index in [1.807, 2.05) is 0 Å². The zero-order valence-corrected chi connectivity index (χ0v) is 10.0. The third-order valence-electron chi connectivity index (χ3n) is 2.86. The van der Waals surface area contributed by atoms with Gasteiger partial charge in [-0.1, -0.05) is 0 Å². The van der Waals surface area contributed by atoms with E-state index >= 15 is 0 Å². The molecule has 2 N–H and O–H groups in total. The van der Waals surface area contributed by atoms with Crippen LogP contribution in [0.4, 0.5) is 19.0 Å². The van der Waals surface area contributed by atoms with Gasteiger partial charge in [-0.15, -0.1) is 0 Å². The van der Waals surface area contributed by atoms with Crippen molar-refractivity contribution in [3.63, 3.8) is 0 Å². The highest BCUT2D eigenvalue weighted by Crippen LogP contribution is 2.19. The highest BCUT2D eigenvalue weighted by Gasteiger charge is 2.14. The summed E-state index contributed by atoms with van der Waals surface area (Å²) in [5.41, 5.74) is 6.03. The minimum Gasteiger partial charge on any atom is -0.382 e. The second-order valence-electron chi connectivity index (χ2n) is 4.15. The molecule has 0 fully saturated rings. The van der Waals surface area contributed by atoms with Crippen LogP contribution in [0.15, 0.2) is 24.8 Å². The summed E-state index contributed by atoms with van der Waals surface area (Å²) in [6.07, 6.45) is 2.57. The number of rotatable bonds is 2. The van der Waals surface area contributed by atoms with E-state index in [1.54, 1.807) is 0 Å². The van der Waals surface area contributed by atoms with E-state index < -0.39 is 17.5 Å². The summed E-state index contributed by atoms with van der Waals surface area (Å²) in [5, 5.41) is 0. The maximum atomic E-state index is 13.6. The highest BCUT2D eigenvalue weighted by atomic mass is 19.1. The van der Waals surface area contributed by atoms with E-state index in [-0.39, 0.29) is 17.9 Å². The van der Waals surface area contributed by atoms with Gasteiger partial charge in [0.15, 0.2) is 11.5 Å². The molecule has 0 amide bonds. The first-order valence-electron chi connectivity index (χ1n) is 5.61. The molecule has 5 nitrogen and oxygen atoms in total. The Morgan fingerprint density at radius 3 is 2.45 bits per heavy atom. The molecular weight excluding hydrogens is 271 g/mol. The fourth-order valence-corrected chi connectivity index (χ4v) is 1.91. The van der Waals surface area contributed by atoms with E-state index in [4.69, 9.17) is 5.73 Å². The van der Waals surface area contributed by atoms with Crippen LogP contribution in [0.3, 0.4) is 0 Å². The van der Waals surface area contributed by atoms with Gasteiger partial charge in [0.05, 0.1) is 12.9 Å². The summed E-state index contributed by atoms with van der Waals surface area (Å²) >= 11 is 0. The van der Waals surface area contributed by atoms with Crippen LogP contribution in [0.25, 0.3) is 11.2 Å². The first kappa shape index (κ1) is 12.4. The predicted octanol–water partition coefficient (Wildman–Crippen LogP) is 1.87. The summed E-state index contributed by atoms with van der Waals surface area (Å²) in [7, 11) is 0. The Bertz CT molecular complexity index is 776. The molecule has 0 unspecified atom stereocenters. The maximum Gasteiger partial charge on any atom is 0.165 e. The fraction of sp³-hybridized carbons (Fsp3) is 0.0833. The molecule has 3 aromatic rings. The van der Waals surface area contributed by atoms with E-state index in [2.05, 4.69) is 15.0 Å². The number of anilines is 1. The molecule has 0 aliphatic rings. The zero-order chi connectivity index (χ0) is 14.3. The highest BCUT2D eigenvalue weighted by molar-refractivity contribution is 5.81. The summed E-state index contributed by atoms with van der Waals surface area (Å²) in [6, 6.07) is 1.25. The number of nitrogens with zero attached hydrogens (tertiary/aromatic N) is 4. The average molecular weight is 279 g/mol. The molecule has 0 aliphatic carbocycles. The van der Waals surface area contributed by atoms with Gasteiger partial charge in [0.2, 0.25) is 0 Å². The van der Waals surface area contributed by atoms with Gasteiger partial charge in [0, 0.05) is 17.7 Å². The lowest BCUT2D eigenvalue weighted by Gasteiger charge is -2.07. The van der Waals surface area contributed by atoms with Crippen molar-refractivity contribution in [3.8, 4) is 0 Å². The second kappa shape index (κ2) is 4.48. The van der Waals surface area contributed by atoms with E-state index in [0.717, 1.165) is 0 Å². The normalized spacial score (nSPS) is 11.2. The predicted molar refractivity (Wildman–Crippen MR) is 65.2 cm³/mol. The minimum atomic E-state index is -0.967. The van der Waals surface area contributed by atoms with Crippen LogP contribution >= 0.6 is 0 Å². The van der Waals surface area contributed by atoms with Gasteiger partial charge in [-0.25, -0.2) is 28.1 Å². The van der Waals surface area contributed by atoms with Gasteiger partial charge in [0.1, 0.15) is 29.3 Å². The van der Waals surface area contributed by atoms with Crippen LogP contribution in [0.2, 0.25) is 0 Å². The van der Waals surface area contributed by atoms with Crippen molar-refractivity contribution in [2.75, 3.05) is 5.73 Å². The van der Waals surface area contributed by atoms with Crippen molar-refractivity contribution in [2.24, 2.45) is 0 Å². The number of hydrogen-bond donors (Lipinski definition) is 1. The van der Waals surface area contributed by atoms with Crippen LogP contribution in [-0.2, 0) is 6.54 Å². The van der Waals surface area contributed by atoms with Crippen molar-refractivity contribution in [2.45, 2.75) is 6.54 Å². The topological polar surface area (TPSA) is 69.6 Å². The Labute approximate surface area is 110 Å². The Morgan fingerprint density at radius 2 is 1.75 bits per heavy atom. The molecule has 1 aromatic carbocycles. The molecule has 20 heavy (non-hydrogen) atoms. The van der Waals surface area contributed by atoms with Crippen molar-refractivity contribution in [1.29, 1.82) is 0 Å². The van der Waals surface area contributed by atoms with E-state index in [1.165, 1.54) is 17.2 Å². The third kappa shape index (κ3) is 1.94. The molecule has 2 aromatic heterocycles. The monoisotopic (exact) mass is 279 g/mol. The molecule has 8 heteroatoms. The molecule has 0 radical (unpaired) electrons. The standard InChI is InChI=1S/C12H8F3N5/c13-6-1-8(14)7(9(15)2-6)3-20-5-19-10-11(16)17-4-18-12(10)20/h1-2,4-5H,3H2,(H2,16,17,18). The van der Waals surface area contributed by atoms with Crippen LogP contribution in [0.1, 0.15) is 5.56 Å². The largest absolute Gasteiger partial charge is 0.382 e.